The van der Waals surface area contributed by atoms with Crippen LogP contribution in [0.15, 0.2) is 36.5 Å². The molecule has 120 valence electrons. The number of carbonyl (C=O) groups is 1. The fourth-order valence-electron chi connectivity index (χ4n) is 3.67. The minimum atomic E-state index is 0.00400. The summed E-state index contributed by atoms with van der Waals surface area (Å²) >= 11 is 0. The maximum Gasteiger partial charge on any atom is 0.278 e. The van der Waals surface area contributed by atoms with Crippen LogP contribution < -0.4 is 10.2 Å². The predicted octanol–water partition coefficient (Wildman–Crippen LogP) is 2.57. The van der Waals surface area contributed by atoms with Gasteiger partial charge in [0.15, 0.2) is 5.69 Å². The number of fused-ring (bicyclic) bond motifs is 1. The van der Waals surface area contributed by atoms with E-state index in [9.17, 15) is 4.79 Å². The van der Waals surface area contributed by atoms with E-state index in [0.29, 0.717) is 17.7 Å². The predicted molar refractivity (Wildman–Crippen MR) is 89.9 cm³/mol. The van der Waals surface area contributed by atoms with Crippen LogP contribution in [0.4, 0.5) is 5.69 Å². The molecule has 0 aliphatic carbocycles. The van der Waals surface area contributed by atoms with Gasteiger partial charge in [0.2, 0.25) is 0 Å². The molecule has 3 heterocycles. The number of anilines is 1. The van der Waals surface area contributed by atoms with Gasteiger partial charge in [-0.1, -0.05) is 25.1 Å². The third-order valence-electron chi connectivity index (χ3n) is 4.93. The molecular formula is C18H22N4O. The summed E-state index contributed by atoms with van der Waals surface area (Å²) in [6.45, 7) is 4.90. The Balaban J connectivity index is 1.57. The van der Waals surface area contributed by atoms with E-state index in [4.69, 9.17) is 0 Å². The van der Waals surface area contributed by atoms with E-state index in [-0.39, 0.29) is 5.91 Å². The first kappa shape index (κ1) is 14.5. The standard InChI is InChI=1S/C18H22N4O/c1-13-12-21(17-7-3-2-6-15(13)17)18(23)16-8-10-22(20-16)14-5-4-9-19-11-14/h2-3,6-8,10,13-14,19H,4-5,9,11-12H2,1H3/t13-,14-/m1/s1. The molecule has 0 spiro atoms. The lowest BCUT2D eigenvalue weighted by atomic mass is 10.0. The van der Waals surface area contributed by atoms with Gasteiger partial charge in [0.05, 0.1) is 6.04 Å². The quantitative estimate of drug-likeness (QED) is 0.927. The topological polar surface area (TPSA) is 50.2 Å². The minimum absolute atomic E-state index is 0.00400. The van der Waals surface area contributed by atoms with Crippen LogP contribution in [0.25, 0.3) is 0 Å². The summed E-state index contributed by atoms with van der Waals surface area (Å²) in [6, 6.07) is 10.4. The van der Waals surface area contributed by atoms with E-state index in [1.54, 1.807) is 0 Å². The maximum absolute atomic E-state index is 12.9. The van der Waals surface area contributed by atoms with Gasteiger partial charge >= 0.3 is 0 Å². The van der Waals surface area contributed by atoms with E-state index < -0.39 is 0 Å². The summed E-state index contributed by atoms with van der Waals surface area (Å²) in [7, 11) is 0. The van der Waals surface area contributed by atoms with Crippen LogP contribution >= 0.6 is 0 Å². The zero-order valence-electron chi connectivity index (χ0n) is 13.4. The molecule has 1 fully saturated rings. The molecule has 1 aromatic heterocycles. The normalized spacial score (nSPS) is 23.8. The molecule has 1 N–H and O–H groups in total. The molecule has 0 bridgehead atoms. The second-order valence-electron chi connectivity index (χ2n) is 6.56. The first-order valence-electron chi connectivity index (χ1n) is 8.40. The first-order chi connectivity index (χ1) is 11.2. The number of hydrogen-bond donors (Lipinski definition) is 1. The van der Waals surface area contributed by atoms with Crippen molar-refractivity contribution in [1.29, 1.82) is 0 Å². The number of para-hydroxylation sites is 1. The van der Waals surface area contributed by atoms with Crippen molar-refractivity contribution in [2.24, 2.45) is 0 Å². The van der Waals surface area contributed by atoms with Crippen molar-refractivity contribution < 1.29 is 4.79 Å². The van der Waals surface area contributed by atoms with Gasteiger partial charge in [-0.25, -0.2) is 0 Å². The summed E-state index contributed by atoms with van der Waals surface area (Å²) in [6.07, 6.45) is 4.22. The van der Waals surface area contributed by atoms with Crippen molar-refractivity contribution in [3.05, 3.63) is 47.8 Å². The van der Waals surface area contributed by atoms with Crippen molar-refractivity contribution in [1.82, 2.24) is 15.1 Å². The Kier molecular flexibility index (Phi) is 3.65. The van der Waals surface area contributed by atoms with Crippen LogP contribution in [-0.2, 0) is 0 Å². The molecule has 5 heteroatoms. The van der Waals surface area contributed by atoms with Gasteiger partial charge in [0.25, 0.3) is 5.91 Å². The second kappa shape index (κ2) is 5.81. The number of hydrogen-bond acceptors (Lipinski definition) is 3. The molecule has 2 aliphatic heterocycles. The Hall–Kier alpha value is -2.14. The molecule has 23 heavy (non-hydrogen) atoms. The van der Waals surface area contributed by atoms with Crippen LogP contribution in [0.3, 0.4) is 0 Å². The highest BCUT2D eigenvalue weighted by atomic mass is 16.2. The Labute approximate surface area is 136 Å². The molecule has 5 nitrogen and oxygen atoms in total. The van der Waals surface area contributed by atoms with Crippen molar-refractivity contribution in [2.45, 2.75) is 31.7 Å². The molecule has 0 saturated carbocycles. The largest absolute Gasteiger partial charge is 0.315 e. The van der Waals surface area contributed by atoms with E-state index in [2.05, 4.69) is 23.4 Å². The fourth-order valence-corrected chi connectivity index (χ4v) is 3.67. The van der Waals surface area contributed by atoms with Gasteiger partial charge in [-0.05, 0) is 37.1 Å². The van der Waals surface area contributed by atoms with Gasteiger partial charge < -0.3 is 10.2 Å². The third kappa shape index (κ3) is 2.55. The summed E-state index contributed by atoms with van der Waals surface area (Å²) in [4.78, 5) is 14.8. The van der Waals surface area contributed by atoms with Crippen LogP contribution in [0.2, 0.25) is 0 Å². The van der Waals surface area contributed by atoms with Crippen molar-refractivity contribution in [2.75, 3.05) is 24.5 Å². The van der Waals surface area contributed by atoms with Crippen LogP contribution in [0.1, 0.15) is 47.8 Å². The molecule has 1 amide bonds. The highest BCUT2D eigenvalue weighted by Crippen LogP contribution is 2.36. The first-order valence-corrected chi connectivity index (χ1v) is 8.40. The zero-order valence-corrected chi connectivity index (χ0v) is 13.4. The monoisotopic (exact) mass is 310 g/mol. The van der Waals surface area contributed by atoms with Gasteiger partial charge in [0, 0.05) is 30.9 Å². The molecule has 1 aromatic carbocycles. The number of rotatable bonds is 2. The number of nitrogens with one attached hydrogen (secondary N) is 1. The van der Waals surface area contributed by atoms with E-state index in [1.807, 2.05) is 40.0 Å². The Morgan fingerprint density at radius 3 is 3.00 bits per heavy atom. The summed E-state index contributed by atoms with van der Waals surface area (Å²) < 4.78 is 1.95. The fraction of sp³-hybridized carbons (Fsp3) is 0.444. The Bertz CT molecular complexity index is 717. The smallest absolute Gasteiger partial charge is 0.278 e. The van der Waals surface area contributed by atoms with Gasteiger partial charge in [-0.3, -0.25) is 9.48 Å². The molecule has 4 rings (SSSR count). The minimum Gasteiger partial charge on any atom is -0.315 e. The zero-order chi connectivity index (χ0) is 15.8. The van der Waals surface area contributed by atoms with Gasteiger partial charge in [0.1, 0.15) is 0 Å². The van der Waals surface area contributed by atoms with E-state index >= 15 is 0 Å². The lowest BCUT2D eigenvalue weighted by molar-refractivity contribution is 0.0982. The van der Waals surface area contributed by atoms with Crippen LogP contribution in [-0.4, -0.2) is 35.3 Å². The van der Waals surface area contributed by atoms with Crippen molar-refractivity contribution in [3.8, 4) is 0 Å². The highest BCUT2D eigenvalue weighted by molar-refractivity contribution is 6.06. The van der Waals surface area contributed by atoms with Crippen LogP contribution in [0.5, 0.6) is 0 Å². The summed E-state index contributed by atoms with van der Waals surface area (Å²) in [5, 5.41) is 7.95. The van der Waals surface area contributed by atoms with Crippen molar-refractivity contribution >= 4 is 11.6 Å². The molecular weight excluding hydrogens is 288 g/mol. The summed E-state index contributed by atoms with van der Waals surface area (Å²) in [5.74, 6) is 0.379. The van der Waals surface area contributed by atoms with Gasteiger partial charge in [-0.15, -0.1) is 0 Å². The van der Waals surface area contributed by atoms with Crippen LogP contribution in [0, 0.1) is 0 Å². The molecule has 0 unspecified atom stereocenters. The Morgan fingerprint density at radius 2 is 2.17 bits per heavy atom. The van der Waals surface area contributed by atoms with Crippen molar-refractivity contribution in [3.63, 3.8) is 0 Å². The number of amides is 1. The molecule has 1 saturated heterocycles. The molecule has 2 atom stereocenters. The van der Waals surface area contributed by atoms with E-state index in [0.717, 1.165) is 38.2 Å². The molecule has 2 aromatic rings. The maximum atomic E-state index is 12.9. The lowest BCUT2D eigenvalue weighted by Gasteiger charge is -2.23. The SMILES string of the molecule is C[C@@H]1CN(C(=O)c2ccn([C@@H]3CCCNC3)n2)c2ccccc21. The van der Waals surface area contributed by atoms with E-state index in [1.165, 1.54) is 5.56 Å². The number of piperidine rings is 1. The molecule has 0 radical (unpaired) electrons. The second-order valence-corrected chi connectivity index (χ2v) is 6.56. The Morgan fingerprint density at radius 1 is 1.30 bits per heavy atom. The lowest BCUT2D eigenvalue weighted by Crippen LogP contribution is -2.33. The highest BCUT2D eigenvalue weighted by Gasteiger charge is 2.31. The number of aromatic nitrogens is 2. The molecule has 2 aliphatic rings. The number of carbonyl (C=O) groups excluding carboxylic acids is 1. The van der Waals surface area contributed by atoms with Gasteiger partial charge in [-0.2, -0.15) is 5.10 Å². The average Bonchev–Trinajstić information content (AvgIpc) is 3.21. The third-order valence-corrected chi connectivity index (χ3v) is 4.93. The average molecular weight is 310 g/mol. The summed E-state index contributed by atoms with van der Waals surface area (Å²) in [5.41, 5.74) is 2.81. The number of nitrogens with zero attached hydrogens (tertiary/aromatic N) is 3. The number of benzene rings is 1.